The number of rotatable bonds is 5. The van der Waals surface area contributed by atoms with Crippen LogP contribution in [0.15, 0.2) is 18.2 Å². The van der Waals surface area contributed by atoms with Gasteiger partial charge in [-0.25, -0.2) is 9.18 Å². The SMILES string of the molecule is O=C(O)c1cc(F)ccc1C(O)C(O)CCO. The van der Waals surface area contributed by atoms with Crippen molar-refractivity contribution in [2.75, 3.05) is 6.61 Å². The van der Waals surface area contributed by atoms with Crippen molar-refractivity contribution < 1.29 is 29.6 Å². The van der Waals surface area contributed by atoms with Gasteiger partial charge in [-0.2, -0.15) is 0 Å². The summed E-state index contributed by atoms with van der Waals surface area (Å²) in [6.45, 7) is -0.345. The topological polar surface area (TPSA) is 98.0 Å². The quantitative estimate of drug-likeness (QED) is 0.597. The third-order valence-electron chi connectivity index (χ3n) is 2.35. The van der Waals surface area contributed by atoms with Gasteiger partial charge in [0.15, 0.2) is 0 Å². The van der Waals surface area contributed by atoms with Crippen molar-refractivity contribution in [1.82, 2.24) is 0 Å². The van der Waals surface area contributed by atoms with E-state index in [1.807, 2.05) is 0 Å². The first kappa shape index (κ1) is 13.6. The molecule has 17 heavy (non-hydrogen) atoms. The summed E-state index contributed by atoms with van der Waals surface area (Å²) in [6.07, 6.45) is -2.88. The molecule has 5 nitrogen and oxygen atoms in total. The number of carboxylic acids is 1. The molecule has 4 N–H and O–H groups in total. The Balaban J connectivity index is 3.08. The lowest BCUT2D eigenvalue weighted by Crippen LogP contribution is -2.21. The van der Waals surface area contributed by atoms with Crippen LogP contribution in [0.5, 0.6) is 0 Å². The van der Waals surface area contributed by atoms with E-state index in [0.717, 1.165) is 18.2 Å². The molecule has 0 aliphatic heterocycles. The van der Waals surface area contributed by atoms with Crippen LogP contribution in [-0.2, 0) is 0 Å². The van der Waals surface area contributed by atoms with Crippen LogP contribution in [0.25, 0.3) is 0 Å². The number of aliphatic hydroxyl groups excluding tert-OH is 3. The number of aliphatic hydroxyl groups is 3. The molecule has 0 saturated carbocycles. The summed E-state index contributed by atoms with van der Waals surface area (Å²) in [6, 6.07) is 2.87. The zero-order valence-corrected chi connectivity index (χ0v) is 8.88. The van der Waals surface area contributed by atoms with E-state index in [9.17, 15) is 19.4 Å². The van der Waals surface area contributed by atoms with Crippen LogP contribution >= 0.6 is 0 Å². The summed E-state index contributed by atoms with van der Waals surface area (Å²) in [7, 11) is 0. The number of hydrogen-bond acceptors (Lipinski definition) is 4. The Labute approximate surface area is 96.8 Å². The minimum atomic E-state index is -1.48. The first-order valence-electron chi connectivity index (χ1n) is 4.97. The number of carbonyl (C=O) groups is 1. The second kappa shape index (κ2) is 5.72. The Morgan fingerprint density at radius 2 is 2.00 bits per heavy atom. The fourth-order valence-electron chi connectivity index (χ4n) is 1.47. The standard InChI is InChI=1S/C11H13FO5/c12-6-1-2-7(8(5-6)11(16)17)10(15)9(14)3-4-13/h1-2,5,9-10,13-15H,3-4H2,(H,16,17). The van der Waals surface area contributed by atoms with Crippen LogP contribution in [0.4, 0.5) is 4.39 Å². The van der Waals surface area contributed by atoms with Crippen LogP contribution in [-0.4, -0.2) is 39.1 Å². The van der Waals surface area contributed by atoms with Crippen LogP contribution in [0.2, 0.25) is 0 Å². The first-order chi connectivity index (χ1) is 7.97. The van der Waals surface area contributed by atoms with Crippen molar-refractivity contribution in [3.63, 3.8) is 0 Å². The highest BCUT2D eigenvalue weighted by atomic mass is 19.1. The molecule has 6 heteroatoms. The fraction of sp³-hybridized carbons (Fsp3) is 0.364. The van der Waals surface area contributed by atoms with Crippen molar-refractivity contribution in [2.24, 2.45) is 0 Å². The van der Waals surface area contributed by atoms with Crippen LogP contribution < -0.4 is 0 Å². The summed E-state index contributed by atoms with van der Waals surface area (Å²) >= 11 is 0. The average molecular weight is 244 g/mol. The monoisotopic (exact) mass is 244 g/mol. The molecule has 0 fully saturated rings. The summed E-state index contributed by atoms with van der Waals surface area (Å²) in [5, 5.41) is 36.6. The molecule has 1 aromatic rings. The predicted molar refractivity (Wildman–Crippen MR) is 56.0 cm³/mol. The molecule has 1 aromatic carbocycles. The predicted octanol–water partition coefficient (Wildman–Crippen LogP) is 0.301. The van der Waals surface area contributed by atoms with Gasteiger partial charge in [-0.05, 0) is 24.1 Å². The largest absolute Gasteiger partial charge is 0.478 e. The van der Waals surface area contributed by atoms with Gasteiger partial charge in [0.25, 0.3) is 0 Å². The molecule has 0 bridgehead atoms. The highest BCUT2D eigenvalue weighted by Crippen LogP contribution is 2.23. The van der Waals surface area contributed by atoms with Crippen molar-refractivity contribution in [3.8, 4) is 0 Å². The molecule has 2 atom stereocenters. The lowest BCUT2D eigenvalue weighted by molar-refractivity contribution is 0.00346. The minimum absolute atomic E-state index is 0.0835. The van der Waals surface area contributed by atoms with Gasteiger partial charge in [-0.3, -0.25) is 0 Å². The van der Waals surface area contributed by atoms with Crippen LogP contribution in [0, 0.1) is 5.82 Å². The number of hydrogen-bond donors (Lipinski definition) is 4. The molecule has 0 aliphatic rings. The van der Waals surface area contributed by atoms with E-state index in [-0.39, 0.29) is 18.6 Å². The zero-order chi connectivity index (χ0) is 13.0. The van der Waals surface area contributed by atoms with E-state index < -0.39 is 29.6 Å². The average Bonchev–Trinajstić information content (AvgIpc) is 2.28. The van der Waals surface area contributed by atoms with E-state index in [4.69, 9.17) is 10.2 Å². The molecule has 0 aromatic heterocycles. The molecule has 0 heterocycles. The van der Waals surface area contributed by atoms with Gasteiger partial charge < -0.3 is 20.4 Å². The van der Waals surface area contributed by atoms with Gasteiger partial charge in [0.1, 0.15) is 11.9 Å². The van der Waals surface area contributed by atoms with Crippen molar-refractivity contribution in [3.05, 3.63) is 35.1 Å². The normalized spacial score (nSPS) is 14.4. The van der Waals surface area contributed by atoms with Gasteiger partial charge in [0.05, 0.1) is 11.7 Å². The molecule has 1 rings (SSSR count). The van der Waals surface area contributed by atoms with Gasteiger partial charge in [0, 0.05) is 6.61 Å². The van der Waals surface area contributed by atoms with Gasteiger partial charge in [0.2, 0.25) is 0 Å². The number of benzene rings is 1. The van der Waals surface area contributed by atoms with Crippen LogP contribution in [0.3, 0.4) is 0 Å². The lowest BCUT2D eigenvalue weighted by atomic mass is 9.97. The zero-order valence-electron chi connectivity index (χ0n) is 8.88. The molecule has 0 amide bonds. The number of carboxylic acid groups (broad SMARTS) is 1. The van der Waals surface area contributed by atoms with Crippen molar-refractivity contribution in [1.29, 1.82) is 0 Å². The Morgan fingerprint density at radius 3 is 2.53 bits per heavy atom. The summed E-state index contributed by atoms with van der Waals surface area (Å²) in [5.41, 5.74) is -0.491. The molecular formula is C11H13FO5. The molecule has 2 unspecified atom stereocenters. The highest BCUT2D eigenvalue weighted by Gasteiger charge is 2.23. The summed E-state index contributed by atoms with van der Waals surface area (Å²) in [4.78, 5) is 10.9. The molecular weight excluding hydrogens is 231 g/mol. The van der Waals surface area contributed by atoms with Gasteiger partial charge in [-0.15, -0.1) is 0 Å². The molecule has 0 radical (unpaired) electrons. The van der Waals surface area contributed by atoms with Gasteiger partial charge >= 0.3 is 5.97 Å². The number of aromatic carboxylic acids is 1. The minimum Gasteiger partial charge on any atom is -0.478 e. The maximum Gasteiger partial charge on any atom is 0.336 e. The smallest absolute Gasteiger partial charge is 0.336 e. The Hall–Kier alpha value is -1.50. The van der Waals surface area contributed by atoms with Crippen LogP contribution in [0.1, 0.15) is 28.4 Å². The van der Waals surface area contributed by atoms with Crippen molar-refractivity contribution in [2.45, 2.75) is 18.6 Å². The molecule has 94 valence electrons. The Bertz CT molecular complexity index is 407. The maximum absolute atomic E-state index is 12.9. The first-order valence-corrected chi connectivity index (χ1v) is 4.97. The van der Waals surface area contributed by atoms with Gasteiger partial charge in [-0.1, -0.05) is 6.07 Å². The Kier molecular flexibility index (Phi) is 4.56. The third-order valence-corrected chi connectivity index (χ3v) is 2.35. The highest BCUT2D eigenvalue weighted by molar-refractivity contribution is 5.89. The van der Waals surface area contributed by atoms with Crippen molar-refractivity contribution >= 4 is 5.97 Å². The third kappa shape index (κ3) is 3.23. The summed E-state index contributed by atoms with van der Waals surface area (Å²) in [5.74, 6) is -2.13. The molecule has 0 aliphatic carbocycles. The molecule has 0 saturated heterocycles. The second-order valence-electron chi connectivity index (χ2n) is 3.56. The second-order valence-corrected chi connectivity index (χ2v) is 3.56. The fourth-order valence-corrected chi connectivity index (χ4v) is 1.47. The Morgan fingerprint density at radius 1 is 1.35 bits per heavy atom. The lowest BCUT2D eigenvalue weighted by Gasteiger charge is -2.18. The van der Waals surface area contributed by atoms with E-state index in [1.54, 1.807) is 0 Å². The molecule has 0 spiro atoms. The maximum atomic E-state index is 12.9. The van der Waals surface area contributed by atoms with E-state index in [1.165, 1.54) is 0 Å². The van der Waals surface area contributed by atoms with E-state index in [2.05, 4.69) is 0 Å². The van der Waals surface area contributed by atoms with E-state index >= 15 is 0 Å². The van der Waals surface area contributed by atoms with E-state index in [0.29, 0.717) is 0 Å². The number of halogens is 1. The summed E-state index contributed by atoms with van der Waals surface area (Å²) < 4.78 is 12.9.